The standard InChI is InChI=1S/C54H97NO10/c1-4-7-10-13-16-19-22-24-27-30-33-36-39-42-49(59)65-52-51(61)50(60)48(43-56)64-54(52)63-44-45(46(57)40-37-34-31-28-25-21-18-15-12-9-6-3)55-53(62)47(58)41-38-35-32-29-26-23-20-17-14-11-8-5-2/h7,10,13,16,19,22,37,40,45-48,50-52,54,56-58,60-61H,4-6,8-9,11-12,14-15,17-18,20-21,23-36,38-39,41-44H2,1-3H3,(H,55,62)/b10-7+,16-13+,22-19-,40-37+. The van der Waals surface area contributed by atoms with Crippen LogP contribution in [0.25, 0.3) is 0 Å². The second-order valence-corrected chi connectivity index (χ2v) is 18.3. The highest BCUT2D eigenvalue weighted by Gasteiger charge is 2.47. The monoisotopic (exact) mass is 920 g/mol. The molecule has 6 N–H and O–H groups in total. The Morgan fingerprint density at radius 1 is 0.615 bits per heavy atom. The molecular weight excluding hydrogens is 823 g/mol. The van der Waals surface area contributed by atoms with E-state index in [1.54, 1.807) is 6.08 Å². The third-order valence-corrected chi connectivity index (χ3v) is 12.3. The van der Waals surface area contributed by atoms with E-state index >= 15 is 0 Å². The van der Waals surface area contributed by atoms with Crippen molar-refractivity contribution in [1.29, 1.82) is 0 Å². The van der Waals surface area contributed by atoms with Gasteiger partial charge in [0.2, 0.25) is 5.91 Å². The molecule has 8 unspecified atom stereocenters. The highest BCUT2D eigenvalue weighted by molar-refractivity contribution is 5.80. The number of hydrogen-bond donors (Lipinski definition) is 6. The van der Waals surface area contributed by atoms with Crippen LogP contribution in [-0.4, -0.2) is 99.6 Å². The SMILES string of the molecule is CC/C=C/C=C/C=C\CCCCCCCC(=O)OC1C(OCC(NC(=O)C(O)CCCCCCCCCCCCCC)C(O)/C=C/CCCCCCCCCCC)OC(CO)C(O)C1O. The number of esters is 1. The molecule has 0 aromatic heterocycles. The van der Waals surface area contributed by atoms with Gasteiger partial charge in [-0.15, -0.1) is 0 Å². The first-order valence-corrected chi connectivity index (χ1v) is 26.4. The van der Waals surface area contributed by atoms with Gasteiger partial charge in [0.15, 0.2) is 12.4 Å². The van der Waals surface area contributed by atoms with E-state index in [4.69, 9.17) is 14.2 Å². The predicted octanol–water partition coefficient (Wildman–Crippen LogP) is 10.9. The molecule has 1 aliphatic heterocycles. The Morgan fingerprint density at radius 2 is 1.11 bits per heavy atom. The zero-order valence-corrected chi connectivity index (χ0v) is 41.3. The third kappa shape index (κ3) is 32.1. The quantitative estimate of drug-likeness (QED) is 0.0149. The Hall–Kier alpha value is -2.38. The zero-order valence-electron chi connectivity index (χ0n) is 41.3. The molecule has 0 spiro atoms. The normalized spacial score (nSPS) is 20.6. The Kier molecular flexibility index (Phi) is 40.1. The Labute approximate surface area is 396 Å². The van der Waals surface area contributed by atoms with Crippen LogP contribution < -0.4 is 5.32 Å². The molecule has 378 valence electrons. The number of aliphatic hydroxyl groups is 5. The lowest BCUT2D eigenvalue weighted by Crippen LogP contribution is -2.61. The number of aliphatic hydroxyl groups excluding tert-OH is 5. The summed E-state index contributed by atoms with van der Waals surface area (Å²) in [5.41, 5.74) is 0. The largest absolute Gasteiger partial charge is 0.454 e. The molecule has 11 nitrogen and oxygen atoms in total. The number of nitrogens with one attached hydrogen (secondary N) is 1. The molecule has 0 aromatic carbocycles. The fourth-order valence-electron chi connectivity index (χ4n) is 8.06. The maximum absolute atomic E-state index is 13.3. The maximum Gasteiger partial charge on any atom is 0.306 e. The van der Waals surface area contributed by atoms with Gasteiger partial charge < -0.3 is 45.1 Å². The van der Waals surface area contributed by atoms with Gasteiger partial charge in [0.25, 0.3) is 0 Å². The van der Waals surface area contributed by atoms with Crippen LogP contribution in [0.2, 0.25) is 0 Å². The molecule has 1 heterocycles. The second kappa shape index (κ2) is 42.9. The summed E-state index contributed by atoms with van der Waals surface area (Å²) in [5.74, 6) is -1.22. The molecule has 1 rings (SSSR count). The van der Waals surface area contributed by atoms with Gasteiger partial charge in [0.1, 0.15) is 24.4 Å². The summed E-state index contributed by atoms with van der Waals surface area (Å²) in [6, 6.07) is -1.02. The van der Waals surface area contributed by atoms with E-state index in [0.29, 0.717) is 19.3 Å². The minimum absolute atomic E-state index is 0.101. The summed E-state index contributed by atoms with van der Waals surface area (Å²) < 4.78 is 17.5. The van der Waals surface area contributed by atoms with Crippen molar-refractivity contribution in [3.63, 3.8) is 0 Å². The van der Waals surface area contributed by atoms with E-state index in [1.807, 2.05) is 24.3 Å². The van der Waals surface area contributed by atoms with E-state index in [1.165, 1.54) is 96.3 Å². The van der Waals surface area contributed by atoms with Crippen molar-refractivity contribution in [2.24, 2.45) is 0 Å². The number of amides is 1. The first-order valence-electron chi connectivity index (χ1n) is 26.4. The number of hydrogen-bond acceptors (Lipinski definition) is 10. The van der Waals surface area contributed by atoms with Gasteiger partial charge in [-0.05, 0) is 44.9 Å². The van der Waals surface area contributed by atoms with Gasteiger partial charge in [0.05, 0.1) is 25.4 Å². The molecule has 11 heteroatoms. The van der Waals surface area contributed by atoms with Gasteiger partial charge in [0, 0.05) is 6.42 Å². The second-order valence-electron chi connectivity index (χ2n) is 18.3. The smallest absolute Gasteiger partial charge is 0.306 e. The summed E-state index contributed by atoms with van der Waals surface area (Å²) in [6.07, 6.45) is 38.8. The first kappa shape index (κ1) is 60.6. The number of ether oxygens (including phenoxy) is 3. The van der Waals surface area contributed by atoms with Crippen LogP contribution in [0, 0.1) is 0 Å². The topological polar surface area (TPSA) is 175 Å². The summed E-state index contributed by atoms with van der Waals surface area (Å²) in [4.78, 5) is 26.3. The van der Waals surface area contributed by atoms with Crippen LogP contribution in [0.3, 0.4) is 0 Å². The molecule has 1 saturated heterocycles. The molecule has 0 aliphatic carbocycles. The highest BCUT2D eigenvalue weighted by Crippen LogP contribution is 2.26. The van der Waals surface area contributed by atoms with Crippen molar-refractivity contribution in [2.45, 2.75) is 269 Å². The maximum atomic E-state index is 13.3. The van der Waals surface area contributed by atoms with Gasteiger partial charge in [-0.2, -0.15) is 0 Å². The van der Waals surface area contributed by atoms with Gasteiger partial charge in [-0.25, -0.2) is 0 Å². The minimum Gasteiger partial charge on any atom is -0.454 e. The molecule has 1 amide bonds. The van der Waals surface area contributed by atoms with Crippen molar-refractivity contribution in [3.8, 4) is 0 Å². The van der Waals surface area contributed by atoms with Crippen LogP contribution in [0.15, 0.2) is 48.6 Å². The highest BCUT2D eigenvalue weighted by atomic mass is 16.7. The predicted molar refractivity (Wildman–Crippen MR) is 264 cm³/mol. The number of rotatable bonds is 43. The Balaban J connectivity index is 2.78. The Bertz CT molecular complexity index is 1240. The Morgan fingerprint density at radius 3 is 1.65 bits per heavy atom. The van der Waals surface area contributed by atoms with Crippen molar-refractivity contribution < 1.29 is 49.3 Å². The first-order chi connectivity index (χ1) is 31.7. The number of carbonyl (C=O) groups is 2. The molecular formula is C54H97NO10. The van der Waals surface area contributed by atoms with Crippen molar-refractivity contribution in [1.82, 2.24) is 5.32 Å². The van der Waals surface area contributed by atoms with Gasteiger partial charge >= 0.3 is 5.97 Å². The van der Waals surface area contributed by atoms with Crippen LogP contribution in [0.5, 0.6) is 0 Å². The zero-order chi connectivity index (χ0) is 47.6. The average molecular weight is 920 g/mol. The lowest BCUT2D eigenvalue weighted by atomic mass is 9.99. The number of unbranched alkanes of at least 4 members (excludes halogenated alkanes) is 25. The molecule has 0 bridgehead atoms. The lowest BCUT2D eigenvalue weighted by molar-refractivity contribution is -0.305. The van der Waals surface area contributed by atoms with Crippen molar-refractivity contribution >= 4 is 11.9 Å². The van der Waals surface area contributed by atoms with E-state index in [0.717, 1.165) is 77.0 Å². The van der Waals surface area contributed by atoms with Gasteiger partial charge in [-0.1, -0.05) is 217 Å². The number of carbonyl (C=O) groups excluding carboxylic acids is 2. The van der Waals surface area contributed by atoms with Crippen LogP contribution in [0.4, 0.5) is 0 Å². The molecule has 1 fully saturated rings. The molecule has 65 heavy (non-hydrogen) atoms. The average Bonchev–Trinajstić information content (AvgIpc) is 3.30. The fraction of sp³-hybridized carbons (Fsp3) is 0.815. The van der Waals surface area contributed by atoms with Crippen molar-refractivity contribution in [3.05, 3.63) is 48.6 Å². The van der Waals surface area contributed by atoms with Crippen molar-refractivity contribution in [2.75, 3.05) is 13.2 Å². The van der Waals surface area contributed by atoms with Crippen LogP contribution in [-0.2, 0) is 23.8 Å². The van der Waals surface area contributed by atoms with Gasteiger partial charge in [-0.3, -0.25) is 9.59 Å². The summed E-state index contributed by atoms with van der Waals surface area (Å²) >= 11 is 0. The fourth-order valence-corrected chi connectivity index (χ4v) is 8.06. The van der Waals surface area contributed by atoms with E-state index in [9.17, 15) is 35.1 Å². The minimum atomic E-state index is -1.62. The van der Waals surface area contributed by atoms with E-state index in [2.05, 4.69) is 44.3 Å². The molecule has 8 atom stereocenters. The van der Waals surface area contributed by atoms with Crippen LogP contribution >= 0.6 is 0 Å². The molecule has 1 aliphatic rings. The summed E-state index contributed by atoms with van der Waals surface area (Å²) in [5, 5.41) is 56.6. The summed E-state index contributed by atoms with van der Waals surface area (Å²) in [6.45, 7) is 5.60. The lowest BCUT2D eigenvalue weighted by Gasteiger charge is -2.41. The summed E-state index contributed by atoms with van der Waals surface area (Å²) in [7, 11) is 0. The molecule has 0 saturated carbocycles. The molecule has 0 aromatic rings. The van der Waals surface area contributed by atoms with E-state index < -0.39 is 67.4 Å². The van der Waals surface area contributed by atoms with Crippen LogP contribution in [0.1, 0.15) is 220 Å². The van der Waals surface area contributed by atoms with E-state index in [-0.39, 0.29) is 13.0 Å². The third-order valence-electron chi connectivity index (χ3n) is 12.3. The molecule has 0 radical (unpaired) electrons. The number of allylic oxidation sites excluding steroid dienone is 7.